The monoisotopic (exact) mass is 211 g/mol. The molecule has 0 aromatic carbocycles. The van der Waals surface area contributed by atoms with Gasteiger partial charge in [0.15, 0.2) is 0 Å². The molecular weight excluding hydrogens is 190 g/mol. The van der Waals surface area contributed by atoms with Gasteiger partial charge in [0.05, 0.1) is 0 Å². The molecule has 0 saturated carbocycles. The molecule has 2 heteroatoms. The van der Waals surface area contributed by atoms with E-state index < -0.39 is 0 Å². The second-order valence-corrected chi connectivity index (χ2v) is 4.47. The predicted molar refractivity (Wildman–Crippen MR) is 65.0 cm³/mol. The highest BCUT2D eigenvalue weighted by Crippen LogP contribution is 2.05. The molecule has 1 aromatic rings. The van der Waals surface area contributed by atoms with E-state index in [4.69, 9.17) is 0 Å². The Hall–Kier alpha value is -0.340. The molecule has 14 heavy (non-hydrogen) atoms. The summed E-state index contributed by atoms with van der Waals surface area (Å²) < 4.78 is 0. The van der Waals surface area contributed by atoms with Gasteiger partial charge in [-0.05, 0) is 48.3 Å². The maximum atomic E-state index is 3.49. The zero-order valence-electron chi connectivity index (χ0n) is 9.09. The van der Waals surface area contributed by atoms with Gasteiger partial charge < -0.3 is 5.32 Å². The summed E-state index contributed by atoms with van der Waals surface area (Å²) >= 11 is 1.79. The van der Waals surface area contributed by atoms with Crippen molar-refractivity contribution in [3.05, 3.63) is 22.4 Å². The molecule has 0 bridgehead atoms. The molecule has 0 radical (unpaired) electrons. The molecule has 0 amide bonds. The number of nitrogens with one attached hydrogen (secondary N) is 1. The van der Waals surface area contributed by atoms with Crippen molar-refractivity contribution in [2.45, 2.75) is 39.0 Å². The highest BCUT2D eigenvalue weighted by atomic mass is 32.1. The summed E-state index contributed by atoms with van der Waals surface area (Å²) in [7, 11) is 0. The molecule has 1 heterocycles. The van der Waals surface area contributed by atoms with E-state index in [1.54, 1.807) is 11.3 Å². The van der Waals surface area contributed by atoms with Crippen LogP contribution in [0.25, 0.3) is 0 Å². The van der Waals surface area contributed by atoms with E-state index in [2.05, 4.69) is 29.1 Å². The van der Waals surface area contributed by atoms with Gasteiger partial charge in [0.25, 0.3) is 0 Å². The Morgan fingerprint density at radius 2 is 2.14 bits per heavy atom. The van der Waals surface area contributed by atoms with Crippen LogP contribution in [0.5, 0.6) is 0 Å². The fraction of sp³-hybridized carbons (Fsp3) is 0.667. The Morgan fingerprint density at radius 1 is 1.21 bits per heavy atom. The highest BCUT2D eigenvalue weighted by Gasteiger charge is 1.92. The minimum absolute atomic E-state index is 1.13. The smallest absolute Gasteiger partial charge is 0.000806 e. The third-order valence-electron chi connectivity index (χ3n) is 2.38. The molecule has 0 aliphatic carbocycles. The molecule has 0 fully saturated rings. The van der Waals surface area contributed by atoms with Gasteiger partial charge in [-0.3, -0.25) is 0 Å². The first-order valence-corrected chi connectivity index (χ1v) is 6.59. The molecule has 0 saturated heterocycles. The number of hydrogen-bond acceptors (Lipinski definition) is 2. The minimum Gasteiger partial charge on any atom is -0.316 e. The van der Waals surface area contributed by atoms with Gasteiger partial charge in [0.1, 0.15) is 0 Å². The maximum absolute atomic E-state index is 3.49. The van der Waals surface area contributed by atoms with E-state index in [1.807, 2.05) is 0 Å². The molecule has 1 aromatic heterocycles. The standard InChI is InChI=1S/C12H21NS/c1-2-3-4-5-8-13-9-6-12-7-10-14-11-12/h7,10-11,13H,2-6,8-9H2,1H3. The molecule has 80 valence electrons. The summed E-state index contributed by atoms with van der Waals surface area (Å²) in [5.74, 6) is 0. The Balaban J connectivity index is 1.85. The number of thiophene rings is 1. The van der Waals surface area contributed by atoms with Crippen molar-refractivity contribution in [1.82, 2.24) is 5.32 Å². The maximum Gasteiger partial charge on any atom is -0.000806 e. The molecule has 1 N–H and O–H groups in total. The fourth-order valence-electron chi connectivity index (χ4n) is 1.47. The summed E-state index contributed by atoms with van der Waals surface area (Å²) in [6, 6.07) is 2.21. The van der Waals surface area contributed by atoms with Gasteiger partial charge in [-0.15, -0.1) is 0 Å². The van der Waals surface area contributed by atoms with E-state index in [1.165, 1.54) is 44.2 Å². The summed E-state index contributed by atoms with van der Waals surface area (Å²) in [5, 5.41) is 7.87. The van der Waals surface area contributed by atoms with Crippen LogP contribution in [0.1, 0.15) is 38.2 Å². The van der Waals surface area contributed by atoms with Crippen LogP contribution < -0.4 is 5.32 Å². The summed E-state index contributed by atoms with van der Waals surface area (Å²) in [6.07, 6.45) is 6.60. The van der Waals surface area contributed by atoms with Crippen LogP contribution in [0.15, 0.2) is 16.8 Å². The van der Waals surface area contributed by atoms with Gasteiger partial charge >= 0.3 is 0 Å². The van der Waals surface area contributed by atoms with Crippen LogP contribution in [0, 0.1) is 0 Å². The summed E-state index contributed by atoms with van der Waals surface area (Å²) in [5.41, 5.74) is 1.47. The van der Waals surface area contributed by atoms with Gasteiger partial charge in [-0.2, -0.15) is 11.3 Å². The molecule has 1 nitrogen and oxygen atoms in total. The third kappa shape index (κ3) is 5.40. The summed E-state index contributed by atoms with van der Waals surface area (Å²) in [4.78, 5) is 0. The average Bonchev–Trinajstić information content (AvgIpc) is 2.69. The second kappa shape index (κ2) is 8.01. The van der Waals surface area contributed by atoms with Crippen LogP contribution in [-0.4, -0.2) is 13.1 Å². The molecular formula is C12H21NS. The topological polar surface area (TPSA) is 12.0 Å². The average molecular weight is 211 g/mol. The van der Waals surface area contributed by atoms with Crippen molar-refractivity contribution < 1.29 is 0 Å². The Bertz CT molecular complexity index is 206. The number of unbranched alkanes of at least 4 members (excludes halogenated alkanes) is 3. The SMILES string of the molecule is CCCCCCNCCc1ccsc1. The van der Waals surface area contributed by atoms with Crippen molar-refractivity contribution in [1.29, 1.82) is 0 Å². The Labute approximate surface area is 91.5 Å². The summed E-state index contributed by atoms with van der Waals surface area (Å²) in [6.45, 7) is 4.57. The van der Waals surface area contributed by atoms with E-state index >= 15 is 0 Å². The van der Waals surface area contributed by atoms with Gasteiger partial charge in [0, 0.05) is 0 Å². The van der Waals surface area contributed by atoms with E-state index in [0.717, 1.165) is 6.54 Å². The van der Waals surface area contributed by atoms with Crippen LogP contribution in [0.2, 0.25) is 0 Å². The zero-order chi connectivity index (χ0) is 10.1. The van der Waals surface area contributed by atoms with Gasteiger partial charge in [-0.1, -0.05) is 26.2 Å². The van der Waals surface area contributed by atoms with Crippen molar-refractivity contribution in [3.8, 4) is 0 Å². The largest absolute Gasteiger partial charge is 0.316 e. The number of rotatable bonds is 8. The van der Waals surface area contributed by atoms with Gasteiger partial charge in [-0.25, -0.2) is 0 Å². The second-order valence-electron chi connectivity index (χ2n) is 3.69. The molecule has 0 atom stereocenters. The lowest BCUT2D eigenvalue weighted by atomic mass is 10.2. The van der Waals surface area contributed by atoms with Crippen molar-refractivity contribution in [3.63, 3.8) is 0 Å². The van der Waals surface area contributed by atoms with Crippen molar-refractivity contribution in [2.24, 2.45) is 0 Å². The molecule has 0 aliphatic rings. The van der Waals surface area contributed by atoms with Crippen molar-refractivity contribution in [2.75, 3.05) is 13.1 Å². The van der Waals surface area contributed by atoms with Crippen LogP contribution in [-0.2, 0) is 6.42 Å². The van der Waals surface area contributed by atoms with E-state index in [9.17, 15) is 0 Å². The van der Waals surface area contributed by atoms with E-state index in [-0.39, 0.29) is 0 Å². The quantitative estimate of drug-likeness (QED) is 0.649. The van der Waals surface area contributed by atoms with Crippen LogP contribution >= 0.6 is 11.3 Å². The number of hydrogen-bond donors (Lipinski definition) is 1. The Morgan fingerprint density at radius 3 is 2.86 bits per heavy atom. The van der Waals surface area contributed by atoms with Crippen LogP contribution in [0.4, 0.5) is 0 Å². The molecule has 1 rings (SSSR count). The first-order valence-electron chi connectivity index (χ1n) is 5.65. The fourth-order valence-corrected chi connectivity index (χ4v) is 2.17. The minimum atomic E-state index is 1.13. The zero-order valence-corrected chi connectivity index (χ0v) is 9.91. The lowest BCUT2D eigenvalue weighted by Gasteiger charge is -2.02. The van der Waals surface area contributed by atoms with Gasteiger partial charge in [0.2, 0.25) is 0 Å². The molecule has 0 unspecified atom stereocenters. The molecule has 0 spiro atoms. The predicted octanol–water partition coefficient (Wildman–Crippen LogP) is 3.46. The normalized spacial score (nSPS) is 10.6. The molecule has 0 aliphatic heterocycles. The Kier molecular flexibility index (Phi) is 6.71. The van der Waals surface area contributed by atoms with E-state index in [0.29, 0.717) is 0 Å². The first-order chi connectivity index (χ1) is 6.93. The van der Waals surface area contributed by atoms with Crippen molar-refractivity contribution >= 4 is 11.3 Å². The lowest BCUT2D eigenvalue weighted by molar-refractivity contribution is 0.599. The lowest BCUT2D eigenvalue weighted by Crippen LogP contribution is -2.18. The first kappa shape index (κ1) is 11.7. The highest BCUT2D eigenvalue weighted by molar-refractivity contribution is 7.07. The van der Waals surface area contributed by atoms with Crippen LogP contribution in [0.3, 0.4) is 0 Å². The third-order valence-corrected chi connectivity index (χ3v) is 3.11.